The van der Waals surface area contributed by atoms with Crippen molar-refractivity contribution in [1.82, 2.24) is 9.78 Å². The second kappa shape index (κ2) is 12.1. The number of aliphatic hydroxyl groups is 1. The van der Waals surface area contributed by atoms with Gasteiger partial charge in [0.15, 0.2) is 0 Å². The number of aromatic nitrogens is 2. The maximum absolute atomic E-state index is 10.7. The van der Waals surface area contributed by atoms with Gasteiger partial charge in [-0.3, -0.25) is 4.68 Å². The molecule has 1 aliphatic rings. The Hall–Kier alpha value is -2.96. The van der Waals surface area contributed by atoms with Gasteiger partial charge in [0, 0.05) is 30.0 Å². The van der Waals surface area contributed by atoms with Crippen LogP contribution in [0.4, 0.5) is 0 Å². The van der Waals surface area contributed by atoms with Gasteiger partial charge >= 0.3 is 5.97 Å². The van der Waals surface area contributed by atoms with Crippen LogP contribution >= 0.6 is 0 Å². The van der Waals surface area contributed by atoms with Crippen LogP contribution < -0.4 is 0 Å². The minimum absolute atomic E-state index is 0.153. The summed E-state index contributed by atoms with van der Waals surface area (Å²) in [6.07, 6.45) is 5.74. The van der Waals surface area contributed by atoms with Crippen LogP contribution in [0.15, 0.2) is 54.6 Å². The zero-order chi connectivity index (χ0) is 24.6. The normalized spacial score (nSPS) is 18.0. The van der Waals surface area contributed by atoms with Gasteiger partial charge < -0.3 is 14.9 Å². The molecule has 0 saturated heterocycles. The summed E-state index contributed by atoms with van der Waals surface area (Å²) in [5.41, 5.74) is 6.84. The number of hydrogen-bond acceptors (Lipinski definition) is 4. The van der Waals surface area contributed by atoms with E-state index in [2.05, 4.69) is 60.1 Å². The third-order valence-electron chi connectivity index (χ3n) is 6.99. The van der Waals surface area contributed by atoms with Crippen LogP contribution in [0.1, 0.15) is 43.4 Å². The first kappa shape index (κ1) is 25.1. The standard InChI is InChI=1S/C29H36N2O4/c1-21-9-15-25(16-10-21)29-28(24-6-3-2-4-7-24)26(8-5-17-32)31(30-29)18-22-11-13-23(14-12-22)19-35-20-27(33)34/h2-4,6-7,9-10,15-16,22-23,32H,5,8,11-14,17-20H2,1H3,(H,33,34)/t22-,23-. The second-order valence-corrected chi connectivity index (χ2v) is 9.71. The molecule has 1 fully saturated rings. The number of rotatable bonds is 11. The molecule has 2 aromatic carbocycles. The number of aryl methyl sites for hydroxylation is 1. The highest BCUT2D eigenvalue weighted by Gasteiger charge is 2.26. The molecule has 3 aromatic rings. The minimum atomic E-state index is -0.911. The molecule has 1 heterocycles. The Bertz CT molecular complexity index is 1080. The summed E-state index contributed by atoms with van der Waals surface area (Å²) in [7, 11) is 0. The van der Waals surface area contributed by atoms with Crippen LogP contribution in [0.3, 0.4) is 0 Å². The molecule has 0 unspecified atom stereocenters. The van der Waals surface area contributed by atoms with E-state index in [1.807, 2.05) is 6.07 Å². The molecule has 186 valence electrons. The zero-order valence-electron chi connectivity index (χ0n) is 20.5. The van der Waals surface area contributed by atoms with E-state index in [1.165, 1.54) is 16.8 Å². The minimum Gasteiger partial charge on any atom is -0.480 e. The van der Waals surface area contributed by atoms with Crippen LogP contribution in [-0.2, 0) is 22.5 Å². The van der Waals surface area contributed by atoms with Crippen molar-refractivity contribution in [3.05, 3.63) is 65.9 Å². The SMILES string of the molecule is Cc1ccc(-c2nn(C[C@H]3CC[C@H](COCC(=O)O)CC3)c(CCCO)c2-c2ccccc2)cc1. The number of hydrogen-bond donors (Lipinski definition) is 2. The molecular formula is C29H36N2O4. The number of benzene rings is 2. The Labute approximate surface area is 207 Å². The number of carbonyl (C=O) groups is 1. The summed E-state index contributed by atoms with van der Waals surface area (Å²) in [5, 5.41) is 23.6. The van der Waals surface area contributed by atoms with Gasteiger partial charge in [0.05, 0.1) is 6.61 Å². The number of aliphatic carboxylic acids is 1. The Kier molecular flexibility index (Phi) is 8.72. The van der Waals surface area contributed by atoms with Crippen LogP contribution in [0, 0.1) is 18.8 Å². The van der Waals surface area contributed by atoms with E-state index < -0.39 is 5.97 Å². The van der Waals surface area contributed by atoms with E-state index >= 15 is 0 Å². The lowest BCUT2D eigenvalue weighted by Gasteiger charge is -2.28. The van der Waals surface area contributed by atoms with Gasteiger partial charge in [-0.05, 0) is 62.8 Å². The predicted octanol–water partition coefficient (Wildman–Crippen LogP) is 5.36. The van der Waals surface area contributed by atoms with Crippen molar-refractivity contribution in [2.24, 2.45) is 11.8 Å². The van der Waals surface area contributed by atoms with Gasteiger partial charge in [-0.25, -0.2) is 4.79 Å². The maximum Gasteiger partial charge on any atom is 0.329 e. The fraction of sp³-hybridized carbons (Fsp3) is 0.448. The Morgan fingerprint density at radius 3 is 2.34 bits per heavy atom. The highest BCUT2D eigenvalue weighted by atomic mass is 16.5. The fourth-order valence-electron chi connectivity index (χ4n) is 5.11. The highest BCUT2D eigenvalue weighted by molar-refractivity contribution is 5.83. The van der Waals surface area contributed by atoms with Crippen molar-refractivity contribution in [2.45, 2.75) is 52.0 Å². The zero-order valence-corrected chi connectivity index (χ0v) is 20.5. The molecule has 6 heteroatoms. The lowest BCUT2D eigenvalue weighted by molar-refractivity contribution is -0.142. The van der Waals surface area contributed by atoms with Crippen LogP contribution in [0.2, 0.25) is 0 Å². The largest absolute Gasteiger partial charge is 0.480 e. The molecule has 4 rings (SSSR count). The van der Waals surface area contributed by atoms with Crippen molar-refractivity contribution in [1.29, 1.82) is 0 Å². The summed E-state index contributed by atoms with van der Waals surface area (Å²) in [4.78, 5) is 10.7. The van der Waals surface area contributed by atoms with Gasteiger partial charge in [0.1, 0.15) is 12.3 Å². The third kappa shape index (κ3) is 6.59. The first-order valence-electron chi connectivity index (χ1n) is 12.7. The molecule has 1 aliphatic carbocycles. The lowest BCUT2D eigenvalue weighted by Crippen LogP contribution is -2.24. The molecular weight excluding hydrogens is 440 g/mol. The third-order valence-corrected chi connectivity index (χ3v) is 6.99. The summed E-state index contributed by atoms with van der Waals surface area (Å²) in [6.45, 7) is 3.41. The number of carboxylic acids is 1. The van der Waals surface area contributed by atoms with E-state index in [0.717, 1.165) is 55.5 Å². The van der Waals surface area contributed by atoms with Crippen molar-refractivity contribution < 1.29 is 19.7 Å². The number of ether oxygens (including phenoxy) is 1. The summed E-state index contributed by atoms with van der Waals surface area (Å²) < 4.78 is 7.53. The van der Waals surface area contributed by atoms with E-state index in [4.69, 9.17) is 14.9 Å². The molecule has 35 heavy (non-hydrogen) atoms. The Morgan fingerprint density at radius 1 is 1.00 bits per heavy atom. The van der Waals surface area contributed by atoms with E-state index in [-0.39, 0.29) is 13.2 Å². The van der Waals surface area contributed by atoms with Crippen LogP contribution in [0.5, 0.6) is 0 Å². The highest BCUT2D eigenvalue weighted by Crippen LogP contribution is 2.37. The average molecular weight is 477 g/mol. The fourth-order valence-corrected chi connectivity index (χ4v) is 5.11. The van der Waals surface area contributed by atoms with Crippen LogP contribution in [0.25, 0.3) is 22.4 Å². The molecule has 2 N–H and O–H groups in total. The van der Waals surface area contributed by atoms with E-state index in [1.54, 1.807) is 0 Å². The Balaban J connectivity index is 1.59. The smallest absolute Gasteiger partial charge is 0.329 e. The molecule has 0 radical (unpaired) electrons. The number of carboxylic acid groups (broad SMARTS) is 1. The summed E-state index contributed by atoms with van der Waals surface area (Å²) in [6, 6.07) is 19.0. The van der Waals surface area contributed by atoms with Gasteiger partial charge in [0.25, 0.3) is 0 Å². The van der Waals surface area contributed by atoms with Gasteiger partial charge in [0.2, 0.25) is 0 Å². The monoisotopic (exact) mass is 476 g/mol. The summed E-state index contributed by atoms with van der Waals surface area (Å²) in [5.74, 6) is 0.0412. The van der Waals surface area contributed by atoms with Gasteiger partial charge in [-0.15, -0.1) is 0 Å². The predicted molar refractivity (Wildman–Crippen MR) is 137 cm³/mol. The first-order chi connectivity index (χ1) is 17.0. The maximum atomic E-state index is 10.7. The van der Waals surface area contributed by atoms with E-state index in [0.29, 0.717) is 24.9 Å². The molecule has 0 aliphatic heterocycles. The van der Waals surface area contributed by atoms with E-state index in [9.17, 15) is 9.90 Å². The number of aliphatic hydroxyl groups excluding tert-OH is 1. The molecule has 0 bridgehead atoms. The van der Waals surface area contributed by atoms with Gasteiger partial charge in [-0.1, -0.05) is 60.2 Å². The molecule has 1 saturated carbocycles. The van der Waals surface area contributed by atoms with Crippen LogP contribution in [-0.4, -0.2) is 45.8 Å². The average Bonchev–Trinajstić information content (AvgIpc) is 3.22. The molecule has 0 spiro atoms. The second-order valence-electron chi connectivity index (χ2n) is 9.71. The number of nitrogens with zero attached hydrogens (tertiary/aromatic N) is 2. The quantitative estimate of drug-likeness (QED) is 0.389. The van der Waals surface area contributed by atoms with Crippen molar-refractivity contribution in [3.8, 4) is 22.4 Å². The van der Waals surface area contributed by atoms with Crippen molar-refractivity contribution in [3.63, 3.8) is 0 Å². The van der Waals surface area contributed by atoms with Crippen molar-refractivity contribution >= 4 is 5.97 Å². The summed E-state index contributed by atoms with van der Waals surface area (Å²) >= 11 is 0. The first-order valence-corrected chi connectivity index (χ1v) is 12.7. The van der Waals surface area contributed by atoms with Gasteiger partial charge in [-0.2, -0.15) is 5.10 Å². The molecule has 6 nitrogen and oxygen atoms in total. The molecule has 1 aromatic heterocycles. The Morgan fingerprint density at radius 2 is 1.69 bits per heavy atom. The molecule has 0 amide bonds. The topological polar surface area (TPSA) is 84.6 Å². The lowest BCUT2D eigenvalue weighted by atomic mass is 9.82. The van der Waals surface area contributed by atoms with Crippen molar-refractivity contribution in [2.75, 3.05) is 19.8 Å². The molecule has 0 atom stereocenters.